The van der Waals surface area contributed by atoms with Crippen molar-refractivity contribution in [3.8, 4) is 0 Å². The van der Waals surface area contributed by atoms with Crippen LogP contribution in [0.1, 0.15) is 23.2 Å². The molecule has 28 heavy (non-hydrogen) atoms. The first-order valence-corrected chi connectivity index (χ1v) is 9.60. The van der Waals surface area contributed by atoms with Crippen LogP contribution in [0.25, 0.3) is 5.65 Å². The van der Waals surface area contributed by atoms with E-state index in [-0.39, 0.29) is 24.2 Å². The van der Waals surface area contributed by atoms with Crippen LogP contribution in [0.5, 0.6) is 0 Å². The average molecular weight is 376 g/mol. The highest BCUT2D eigenvalue weighted by Crippen LogP contribution is 2.29. The van der Waals surface area contributed by atoms with E-state index in [1.165, 1.54) is 0 Å². The molecule has 1 fully saturated rings. The van der Waals surface area contributed by atoms with Crippen LogP contribution in [0.4, 0.5) is 5.69 Å². The van der Waals surface area contributed by atoms with E-state index in [1.54, 1.807) is 4.90 Å². The number of nitrogens with one attached hydrogen (secondary N) is 1. The number of aromatic nitrogens is 2. The summed E-state index contributed by atoms with van der Waals surface area (Å²) in [6.07, 6.45) is 4.85. The number of pyridine rings is 1. The molecule has 0 saturated carbocycles. The molecule has 2 aromatic heterocycles. The molecule has 0 bridgehead atoms. The van der Waals surface area contributed by atoms with Crippen molar-refractivity contribution in [1.82, 2.24) is 14.7 Å². The lowest BCUT2D eigenvalue weighted by Gasteiger charge is -2.20. The number of anilines is 1. The maximum Gasteiger partial charge on any atom is 0.227 e. The van der Waals surface area contributed by atoms with Gasteiger partial charge in [-0.25, -0.2) is 4.98 Å². The molecule has 0 unspecified atom stereocenters. The summed E-state index contributed by atoms with van der Waals surface area (Å²) < 4.78 is 1.97. The molecule has 3 aromatic rings. The smallest absolute Gasteiger partial charge is 0.227 e. The zero-order valence-electron chi connectivity index (χ0n) is 16.2. The zero-order valence-corrected chi connectivity index (χ0v) is 16.2. The van der Waals surface area contributed by atoms with Crippen molar-refractivity contribution in [3.63, 3.8) is 0 Å². The van der Waals surface area contributed by atoms with E-state index in [0.29, 0.717) is 19.5 Å². The molecule has 6 nitrogen and oxygen atoms in total. The number of carbonyl (C=O) groups excluding carboxylic acids is 2. The van der Waals surface area contributed by atoms with Gasteiger partial charge < -0.3 is 14.6 Å². The van der Waals surface area contributed by atoms with Crippen LogP contribution >= 0.6 is 0 Å². The summed E-state index contributed by atoms with van der Waals surface area (Å²) in [5.41, 5.74) is 4.97. The Bertz CT molecular complexity index is 1010. The van der Waals surface area contributed by atoms with Gasteiger partial charge in [-0.3, -0.25) is 9.59 Å². The normalized spacial score (nSPS) is 16.7. The fourth-order valence-electron chi connectivity index (χ4n) is 3.71. The summed E-state index contributed by atoms with van der Waals surface area (Å²) >= 11 is 0. The minimum Gasteiger partial charge on any atom is -0.355 e. The quantitative estimate of drug-likeness (QED) is 0.744. The standard InChI is InChI=1S/C22H24N4O2/c1-15-6-5-7-19(16(15)2)26-13-17(12-21(26)27)22(28)23-10-9-18-14-25-11-4-3-8-20(25)24-18/h3-8,11,14,17H,9-10,12-13H2,1-2H3,(H,23,28)/t17-/m1/s1. The lowest BCUT2D eigenvalue weighted by atomic mass is 10.1. The average Bonchev–Trinajstić information content (AvgIpc) is 3.27. The molecular weight excluding hydrogens is 352 g/mol. The van der Waals surface area contributed by atoms with Crippen molar-refractivity contribution < 1.29 is 9.59 Å². The summed E-state index contributed by atoms with van der Waals surface area (Å²) in [5.74, 6) is -0.368. The number of imidazole rings is 1. The van der Waals surface area contributed by atoms with Crippen LogP contribution in [-0.2, 0) is 16.0 Å². The number of nitrogens with zero attached hydrogens (tertiary/aromatic N) is 3. The van der Waals surface area contributed by atoms with Gasteiger partial charge in [-0.2, -0.15) is 0 Å². The van der Waals surface area contributed by atoms with Crippen LogP contribution in [0.15, 0.2) is 48.8 Å². The molecule has 3 heterocycles. The predicted octanol–water partition coefficient (Wildman–Crippen LogP) is 2.66. The van der Waals surface area contributed by atoms with Crippen molar-refractivity contribution >= 4 is 23.1 Å². The number of rotatable bonds is 5. The lowest BCUT2D eigenvalue weighted by Crippen LogP contribution is -2.34. The second-order valence-corrected chi connectivity index (χ2v) is 7.36. The molecule has 6 heteroatoms. The van der Waals surface area contributed by atoms with Gasteiger partial charge in [-0.05, 0) is 43.2 Å². The van der Waals surface area contributed by atoms with E-state index in [9.17, 15) is 9.59 Å². The highest BCUT2D eigenvalue weighted by molar-refractivity contribution is 6.00. The van der Waals surface area contributed by atoms with Gasteiger partial charge in [0.2, 0.25) is 11.8 Å². The van der Waals surface area contributed by atoms with Crippen molar-refractivity contribution in [3.05, 3.63) is 65.6 Å². The Morgan fingerprint density at radius 2 is 2.07 bits per heavy atom. The summed E-state index contributed by atoms with van der Waals surface area (Å²) in [6.45, 7) is 4.99. The second-order valence-electron chi connectivity index (χ2n) is 7.36. The van der Waals surface area contributed by atoms with E-state index < -0.39 is 0 Å². The Morgan fingerprint density at radius 1 is 1.21 bits per heavy atom. The monoisotopic (exact) mass is 376 g/mol. The minimum atomic E-state index is -0.312. The molecular formula is C22H24N4O2. The van der Waals surface area contributed by atoms with Crippen LogP contribution in [-0.4, -0.2) is 34.3 Å². The van der Waals surface area contributed by atoms with Gasteiger partial charge in [0.1, 0.15) is 5.65 Å². The molecule has 1 atom stereocenters. The van der Waals surface area contributed by atoms with Gasteiger partial charge in [-0.1, -0.05) is 18.2 Å². The first-order valence-electron chi connectivity index (χ1n) is 9.60. The Morgan fingerprint density at radius 3 is 2.89 bits per heavy atom. The molecule has 0 radical (unpaired) electrons. The van der Waals surface area contributed by atoms with Crippen molar-refractivity contribution in [2.24, 2.45) is 5.92 Å². The van der Waals surface area contributed by atoms with Crippen molar-refractivity contribution in [2.75, 3.05) is 18.0 Å². The largest absolute Gasteiger partial charge is 0.355 e. The number of hydrogen-bond acceptors (Lipinski definition) is 3. The Balaban J connectivity index is 1.35. The molecule has 1 saturated heterocycles. The van der Waals surface area contributed by atoms with Crippen molar-refractivity contribution in [1.29, 1.82) is 0 Å². The number of benzene rings is 1. The highest BCUT2D eigenvalue weighted by Gasteiger charge is 2.35. The van der Waals surface area contributed by atoms with Gasteiger partial charge >= 0.3 is 0 Å². The Labute approximate surface area is 164 Å². The Kier molecular flexibility index (Phi) is 4.86. The molecule has 0 aliphatic carbocycles. The van der Waals surface area contributed by atoms with Crippen LogP contribution in [0, 0.1) is 19.8 Å². The van der Waals surface area contributed by atoms with Crippen LogP contribution in [0.3, 0.4) is 0 Å². The van der Waals surface area contributed by atoms with Gasteiger partial charge in [0.05, 0.1) is 11.6 Å². The highest BCUT2D eigenvalue weighted by atomic mass is 16.2. The Hall–Kier alpha value is -3.15. The first-order chi connectivity index (χ1) is 13.5. The summed E-state index contributed by atoms with van der Waals surface area (Å²) in [4.78, 5) is 31.3. The second kappa shape index (κ2) is 7.46. The first kappa shape index (κ1) is 18.2. The fourth-order valence-corrected chi connectivity index (χ4v) is 3.71. The van der Waals surface area contributed by atoms with Crippen molar-refractivity contribution in [2.45, 2.75) is 26.7 Å². The summed E-state index contributed by atoms with van der Waals surface area (Å²) in [7, 11) is 0. The van der Waals surface area contributed by atoms with Gasteiger partial charge in [0.15, 0.2) is 0 Å². The third kappa shape index (κ3) is 3.50. The van der Waals surface area contributed by atoms with Gasteiger partial charge in [-0.15, -0.1) is 0 Å². The minimum absolute atomic E-state index is 0.00852. The van der Waals surface area contributed by atoms with E-state index in [0.717, 1.165) is 28.2 Å². The van der Waals surface area contributed by atoms with Gasteiger partial charge in [0.25, 0.3) is 0 Å². The molecule has 1 aromatic carbocycles. The fraction of sp³-hybridized carbons (Fsp3) is 0.318. The van der Waals surface area contributed by atoms with E-state index in [1.807, 2.05) is 67.0 Å². The van der Waals surface area contributed by atoms with E-state index >= 15 is 0 Å². The maximum absolute atomic E-state index is 12.6. The SMILES string of the molecule is Cc1cccc(N2C[C@H](C(=O)NCCc3cn4ccccc4n3)CC2=O)c1C. The number of carbonyl (C=O) groups is 2. The maximum atomic E-state index is 12.6. The number of aryl methyl sites for hydroxylation is 1. The van der Waals surface area contributed by atoms with Crippen LogP contribution < -0.4 is 10.2 Å². The van der Waals surface area contributed by atoms with Gasteiger partial charge in [0, 0.05) is 44.0 Å². The van der Waals surface area contributed by atoms with Crippen LogP contribution in [0.2, 0.25) is 0 Å². The molecule has 4 rings (SSSR count). The number of amides is 2. The summed E-state index contributed by atoms with van der Waals surface area (Å²) in [6, 6.07) is 11.8. The number of fused-ring (bicyclic) bond motifs is 1. The lowest BCUT2D eigenvalue weighted by molar-refractivity contribution is -0.126. The predicted molar refractivity (Wildman–Crippen MR) is 108 cm³/mol. The number of hydrogen-bond donors (Lipinski definition) is 1. The van der Waals surface area contributed by atoms with E-state index in [2.05, 4.69) is 10.3 Å². The topological polar surface area (TPSA) is 66.7 Å². The molecule has 1 aliphatic rings. The third-order valence-corrected chi connectivity index (χ3v) is 5.46. The molecule has 2 amide bonds. The molecule has 1 N–H and O–H groups in total. The van der Waals surface area contributed by atoms with E-state index in [4.69, 9.17) is 0 Å². The third-order valence-electron chi connectivity index (χ3n) is 5.46. The molecule has 144 valence electrons. The molecule has 0 spiro atoms. The molecule has 1 aliphatic heterocycles. The summed E-state index contributed by atoms with van der Waals surface area (Å²) in [5, 5.41) is 2.97. The zero-order chi connectivity index (χ0) is 19.7.